The molecule has 100 valence electrons. The highest BCUT2D eigenvalue weighted by atomic mass is 32.1. The standard InChI is InChI=1S/C14H18N4S/c1-14(2)6-9(15-3)12-10(7-14)18-13(19-12)11-8-16-4-5-17-11/h4-5,8-9,15H,6-7H2,1-3H3. The molecule has 0 spiro atoms. The Balaban J connectivity index is 2.03. The summed E-state index contributed by atoms with van der Waals surface area (Å²) in [6, 6.07) is 0.404. The second-order valence-corrected chi connectivity index (χ2v) is 6.84. The number of fused-ring (bicyclic) bond motifs is 1. The van der Waals surface area contributed by atoms with Crippen molar-refractivity contribution in [1.29, 1.82) is 0 Å². The first-order valence-corrected chi connectivity index (χ1v) is 7.34. The van der Waals surface area contributed by atoms with Gasteiger partial charge in [-0.25, -0.2) is 4.98 Å². The van der Waals surface area contributed by atoms with Gasteiger partial charge in [0.15, 0.2) is 0 Å². The molecule has 0 fully saturated rings. The minimum Gasteiger partial charge on any atom is -0.312 e. The van der Waals surface area contributed by atoms with Crippen molar-refractivity contribution in [2.45, 2.75) is 32.7 Å². The van der Waals surface area contributed by atoms with Crippen molar-refractivity contribution in [2.24, 2.45) is 5.41 Å². The Kier molecular flexibility index (Phi) is 3.11. The Bertz CT molecular complexity index is 576. The largest absolute Gasteiger partial charge is 0.312 e. The van der Waals surface area contributed by atoms with Gasteiger partial charge in [0.25, 0.3) is 0 Å². The molecule has 1 N–H and O–H groups in total. The Morgan fingerprint density at radius 1 is 1.37 bits per heavy atom. The second kappa shape index (κ2) is 4.65. The smallest absolute Gasteiger partial charge is 0.144 e. The van der Waals surface area contributed by atoms with Gasteiger partial charge in [-0.05, 0) is 25.3 Å². The van der Waals surface area contributed by atoms with Crippen LogP contribution in [-0.4, -0.2) is 22.0 Å². The van der Waals surface area contributed by atoms with Gasteiger partial charge in [0.05, 0.1) is 11.9 Å². The van der Waals surface area contributed by atoms with Gasteiger partial charge in [-0.15, -0.1) is 11.3 Å². The summed E-state index contributed by atoms with van der Waals surface area (Å²) in [7, 11) is 2.03. The molecule has 0 amide bonds. The zero-order valence-electron chi connectivity index (χ0n) is 11.5. The minimum absolute atomic E-state index is 0.300. The van der Waals surface area contributed by atoms with E-state index in [2.05, 4.69) is 29.1 Å². The lowest BCUT2D eigenvalue weighted by Gasteiger charge is -2.34. The van der Waals surface area contributed by atoms with E-state index in [0.717, 1.165) is 23.5 Å². The molecule has 1 unspecified atom stereocenters. The van der Waals surface area contributed by atoms with Gasteiger partial charge in [0.1, 0.15) is 10.7 Å². The molecule has 0 aromatic carbocycles. The molecule has 2 aromatic rings. The summed E-state index contributed by atoms with van der Waals surface area (Å²) in [6.07, 6.45) is 7.38. The zero-order chi connectivity index (χ0) is 13.5. The first-order chi connectivity index (χ1) is 9.09. The molecule has 0 bridgehead atoms. The fourth-order valence-electron chi connectivity index (χ4n) is 2.69. The highest BCUT2D eigenvalue weighted by Crippen LogP contribution is 2.44. The lowest BCUT2D eigenvalue weighted by atomic mass is 9.76. The predicted octanol–water partition coefficient (Wildman–Crippen LogP) is 2.83. The summed E-state index contributed by atoms with van der Waals surface area (Å²) in [5.41, 5.74) is 2.39. The maximum atomic E-state index is 4.79. The summed E-state index contributed by atoms with van der Waals surface area (Å²) < 4.78 is 0. The summed E-state index contributed by atoms with van der Waals surface area (Å²) in [4.78, 5) is 14.6. The topological polar surface area (TPSA) is 50.7 Å². The maximum absolute atomic E-state index is 4.79. The van der Waals surface area contributed by atoms with Crippen molar-refractivity contribution in [3.8, 4) is 10.7 Å². The quantitative estimate of drug-likeness (QED) is 0.915. The number of nitrogens with zero attached hydrogens (tertiary/aromatic N) is 3. The SMILES string of the molecule is CNC1CC(C)(C)Cc2nc(-c3cnccn3)sc21. The molecule has 0 radical (unpaired) electrons. The first kappa shape index (κ1) is 12.7. The average Bonchev–Trinajstić information content (AvgIpc) is 2.81. The zero-order valence-corrected chi connectivity index (χ0v) is 12.3. The molecule has 0 saturated carbocycles. The van der Waals surface area contributed by atoms with E-state index in [1.165, 1.54) is 10.6 Å². The number of thiazole rings is 1. The Hall–Kier alpha value is -1.33. The summed E-state index contributed by atoms with van der Waals surface area (Å²) >= 11 is 1.75. The molecule has 5 heteroatoms. The van der Waals surface area contributed by atoms with E-state index in [1.807, 2.05) is 7.05 Å². The number of hydrogen-bond acceptors (Lipinski definition) is 5. The van der Waals surface area contributed by atoms with Gasteiger partial charge >= 0.3 is 0 Å². The van der Waals surface area contributed by atoms with Gasteiger partial charge in [0.2, 0.25) is 0 Å². The highest BCUT2D eigenvalue weighted by molar-refractivity contribution is 7.15. The first-order valence-electron chi connectivity index (χ1n) is 6.52. The number of hydrogen-bond donors (Lipinski definition) is 1. The Morgan fingerprint density at radius 3 is 2.89 bits per heavy atom. The maximum Gasteiger partial charge on any atom is 0.144 e. The Labute approximate surface area is 117 Å². The van der Waals surface area contributed by atoms with Crippen LogP contribution >= 0.6 is 11.3 Å². The predicted molar refractivity (Wildman–Crippen MR) is 77.0 cm³/mol. The van der Waals surface area contributed by atoms with Crippen LogP contribution in [0.5, 0.6) is 0 Å². The van der Waals surface area contributed by atoms with Crippen LogP contribution < -0.4 is 5.32 Å². The van der Waals surface area contributed by atoms with Crippen molar-refractivity contribution < 1.29 is 0 Å². The molecular formula is C14H18N4S. The van der Waals surface area contributed by atoms with E-state index < -0.39 is 0 Å². The van der Waals surface area contributed by atoms with Crippen LogP contribution in [-0.2, 0) is 6.42 Å². The fraction of sp³-hybridized carbons (Fsp3) is 0.500. The van der Waals surface area contributed by atoms with E-state index in [9.17, 15) is 0 Å². The molecule has 19 heavy (non-hydrogen) atoms. The van der Waals surface area contributed by atoms with Crippen molar-refractivity contribution in [2.75, 3.05) is 7.05 Å². The molecule has 1 aliphatic rings. The third-order valence-corrected chi connectivity index (χ3v) is 4.81. The molecular weight excluding hydrogens is 256 g/mol. The van der Waals surface area contributed by atoms with Crippen molar-refractivity contribution in [3.63, 3.8) is 0 Å². The number of aromatic nitrogens is 3. The fourth-order valence-corrected chi connectivity index (χ4v) is 3.84. The second-order valence-electron chi connectivity index (χ2n) is 5.81. The van der Waals surface area contributed by atoms with Gasteiger partial charge < -0.3 is 5.32 Å². The summed E-state index contributed by atoms with van der Waals surface area (Å²) in [6.45, 7) is 4.61. The van der Waals surface area contributed by atoms with Crippen molar-refractivity contribution in [3.05, 3.63) is 29.2 Å². The number of nitrogens with one attached hydrogen (secondary N) is 1. The van der Waals surface area contributed by atoms with Crippen LogP contribution in [0.2, 0.25) is 0 Å². The van der Waals surface area contributed by atoms with Gasteiger partial charge in [-0.2, -0.15) is 0 Å². The molecule has 3 rings (SSSR count). The lowest BCUT2D eigenvalue weighted by Crippen LogP contribution is -2.30. The van der Waals surface area contributed by atoms with Crippen LogP contribution in [0.25, 0.3) is 10.7 Å². The molecule has 0 saturated heterocycles. The van der Waals surface area contributed by atoms with Crippen LogP contribution in [0, 0.1) is 5.41 Å². The summed E-state index contributed by atoms with van der Waals surface area (Å²) in [5.74, 6) is 0. The molecule has 1 atom stereocenters. The molecule has 1 aliphatic carbocycles. The summed E-state index contributed by atoms with van der Waals surface area (Å²) in [5, 5.41) is 4.40. The van der Waals surface area contributed by atoms with Gasteiger partial charge in [0, 0.05) is 23.3 Å². The normalized spacial score (nSPS) is 21.1. The van der Waals surface area contributed by atoms with Crippen LogP contribution in [0.4, 0.5) is 0 Å². The van der Waals surface area contributed by atoms with Gasteiger partial charge in [-0.3, -0.25) is 9.97 Å². The lowest BCUT2D eigenvalue weighted by molar-refractivity contribution is 0.265. The van der Waals surface area contributed by atoms with Crippen molar-refractivity contribution in [1.82, 2.24) is 20.3 Å². The molecule has 0 aliphatic heterocycles. The third-order valence-electron chi connectivity index (χ3n) is 3.58. The monoisotopic (exact) mass is 274 g/mol. The van der Waals surface area contributed by atoms with E-state index in [-0.39, 0.29) is 0 Å². The highest BCUT2D eigenvalue weighted by Gasteiger charge is 2.34. The van der Waals surface area contributed by atoms with Crippen LogP contribution in [0.1, 0.15) is 36.9 Å². The molecule has 2 heterocycles. The van der Waals surface area contributed by atoms with Gasteiger partial charge in [-0.1, -0.05) is 13.8 Å². The van der Waals surface area contributed by atoms with E-state index >= 15 is 0 Å². The molecule has 4 nitrogen and oxygen atoms in total. The molecule has 2 aromatic heterocycles. The van der Waals surface area contributed by atoms with Crippen molar-refractivity contribution >= 4 is 11.3 Å². The average molecular weight is 274 g/mol. The number of rotatable bonds is 2. The van der Waals surface area contributed by atoms with E-state index in [1.54, 1.807) is 29.9 Å². The van der Waals surface area contributed by atoms with E-state index in [4.69, 9.17) is 4.98 Å². The Morgan fingerprint density at radius 2 is 2.21 bits per heavy atom. The van der Waals surface area contributed by atoms with E-state index in [0.29, 0.717) is 11.5 Å². The third kappa shape index (κ3) is 2.40. The van der Waals surface area contributed by atoms with Crippen LogP contribution in [0.15, 0.2) is 18.6 Å². The van der Waals surface area contributed by atoms with Crippen LogP contribution in [0.3, 0.4) is 0 Å². The minimum atomic E-state index is 0.300.